The van der Waals surface area contributed by atoms with E-state index < -0.39 is 0 Å². The maximum absolute atomic E-state index is 12.0. The summed E-state index contributed by atoms with van der Waals surface area (Å²) >= 11 is 0. The molecule has 1 aliphatic carbocycles. The predicted octanol–water partition coefficient (Wildman–Crippen LogP) is 1.52. The van der Waals surface area contributed by atoms with Gasteiger partial charge in [0.05, 0.1) is 6.04 Å². The lowest BCUT2D eigenvalue weighted by Gasteiger charge is -2.26. The van der Waals surface area contributed by atoms with Gasteiger partial charge in [0.15, 0.2) is 0 Å². The van der Waals surface area contributed by atoms with Crippen molar-refractivity contribution in [2.45, 2.75) is 50.6 Å². The molecular formula is C13H24N2O. The molecule has 1 saturated heterocycles. The van der Waals surface area contributed by atoms with Crippen LogP contribution < -0.4 is 0 Å². The Morgan fingerprint density at radius 3 is 2.69 bits per heavy atom. The molecule has 2 atom stereocenters. The number of Topliss-reactive ketones (excluding diaryl/α,β-unsaturated/α-hetero) is 1. The number of likely N-dealkylation sites (tertiary alicyclic amines) is 1. The highest BCUT2D eigenvalue weighted by molar-refractivity contribution is 5.84. The first-order valence-corrected chi connectivity index (χ1v) is 6.61. The van der Waals surface area contributed by atoms with Gasteiger partial charge in [0.1, 0.15) is 5.78 Å². The molecule has 1 heterocycles. The maximum atomic E-state index is 12.0. The molecule has 0 aromatic rings. The summed E-state index contributed by atoms with van der Waals surface area (Å²) in [6.07, 6.45) is 6.72. The Morgan fingerprint density at radius 2 is 2.00 bits per heavy atom. The van der Waals surface area contributed by atoms with Crippen LogP contribution in [0.25, 0.3) is 0 Å². The monoisotopic (exact) mass is 224 g/mol. The van der Waals surface area contributed by atoms with Crippen molar-refractivity contribution < 1.29 is 4.79 Å². The lowest BCUT2D eigenvalue weighted by atomic mass is 10.1. The van der Waals surface area contributed by atoms with E-state index in [9.17, 15) is 4.79 Å². The van der Waals surface area contributed by atoms with Crippen molar-refractivity contribution in [3.05, 3.63) is 0 Å². The molecular weight excluding hydrogens is 200 g/mol. The normalized spacial score (nSPS) is 33.3. The van der Waals surface area contributed by atoms with E-state index in [4.69, 9.17) is 0 Å². The molecule has 2 fully saturated rings. The molecule has 2 rings (SSSR count). The highest BCUT2D eigenvalue weighted by atomic mass is 16.1. The van der Waals surface area contributed by atoms with Crippen LogP contribution in [0.2, 0.25) is 0 Å². The largest absolute Gasteiger partial charge is 0.305 e. The van der Waals surface area contributed by atoms with E-state index in [1.54, 1.807) is 0 Å². The van der Waals surface area contributed by atoms with Crippen molar-refractivity contribution in [3.8, 4) is 0 Å². The Kier molecular flexibility index (Phi) is 3.98. The summed E-state index contributed by atoms with van der Waals surface area (Å²) in [5.74, 6) is 0.497. The zero-order valence-corrected chi connectivity index (χ0v) is 10.6. The number of carbonyl (C=O) groups is 1. The highest BCUT2D eigenvalue weighted by Crippen LogP contribution is 2.24. The van der Waals surface area contributed by atoms with Crippen molar-refractivity contribution in [3.63, 3.8) is 0 Å². The van der Waals surface area contributed by atoms with E-state index in [1.807, 2.05) is 0 Å². The Hall–Kier alpha value is -0.410. The average Bonchev–Trinajstić information content (AvgIpc) is 2.63. The van der Waals surface area contributed by atoms with Crippen LogP contribution >= 0.6 is 0 Å². The van der Waals surface area contributed by atoms with E-state index >= 15 is 0 Å². The third-order valence-corrected chi connectivity index (χ3v) is 4.14. The van der Waals surface area contributed by atoms with Crippen molar-refractivity contribution >= 4 is 5.78 Å². The Labute approximate surface area is 98.8 Å². The number of nitrogens with zero attached hydrogens (tertiary/aromatic N) is 2. The van der Waals surface area contributed by atoms with Crippen molar-refractivity contribution in [2.75, 3.05) is 27.2 Å². The standard InChI is InChI=1S/C13H24N2O/c1-14(2)11-8-9-15(10-11)12-6-4-3-5-7-13(12)16/h11-12H,3-10H2,1-2H3. The number of carbonyl (C=O) groups excluding carboxylic acids is 1. The summed E-state index contributed by atoms with van der Waals surface area (Å²) in [6.45, 7) is 2.20. The van der Waals surface area contributed by atoms with Gasteiger partial charge in [0, 0.05) is 25.6 Å². The lowest BCUT2D eigenvalue weighted by Crippen LogP contribution is -2.41. The van der Waals surface area contributed by atoms with Gasteiger partial charge in [-0.3, -0.25) is 9.69 Å². The molecule has 0 aromatic heterocycles. The van der Waals surface area contributed by atoms with Crippen LogP contribution in [-0.2, 0) is 4.79 Å². The summed E-state index contributed by atoms with van der Waals surface area (Å²) in [5, 5.41) is 0. The topological polar surface area (TPSA) is 23.6 Å². The summed E-state index contributed by atoms with van der Waals surface area (Å²) in [4.78, 5) is 16.7. The van der Waals surface area contributed by atoms with Gasteiger partial charge in [-0.1, -0.05) is 12.8 Å². The molecule has 3 heteroatoms. The van der Waals surface area contributed by atoms with Gasteiger partial charge in [0.2, 0.25) is 0 Å². The molecule has 1 aliphatic heterocycles. The molecule has 0 spiro atoms. The molecule has 3 nitrogen and oxygen atoms in total. The SMILES string of the molecule is CN(C)C1CCN(C2CCCCCC2=O)C1. The average molecular weight is 224 g/mol. The van der Waals surface area contributed by atoms with Crippen LogP contribution in [0.1, 0.15) is 38.5 Å². The Morgan fingerprint density at radius 1 is 1.19 bits per heavy atom. The van der Waals surface area contributed by atoms with Crippen molar-refractivity contribution in [2.24, 2.45) is 0 Å². The van der Waals surface area contributed by atoms with Crippen LogP contribution in [0, 0.1) is 0 Å². The summed E-state index contributed by atoms with van der Waals surface area (Å²) in [7, 11) is 4.28. The van der Waals surface area contributed by atoms with Gasteiger partial charge in [0.25, 0.3) is 0 Å². The van der Waals surface area contributed by atoms with Gasteiger partial charge in [-0.15, -0.1) is 0 Å². The van der Waals surface area contributed by atoms with E-state index in [1.165, 1.54) is 19.3 Å². The summed E-state index contributed by atoms with van der Waals surface area (Å²) in [6, 6.07) is 0.892. The van der Waals surface area contributed by atoms with Gasteiger partial charge < -0.3 is 4.90 Å². The van der Waals surface area contributed by atoms with E-state index in [0.717, 1.165) is 32.4 Å². The molecule has 92 valence electrons. The van der Waals surface area contributed by atoms with Gasteiger partial charge in [-0.25, -0.2) is 0 Å². The smallest absolute Gasteiger partial charge is 0.149 e. The molecule has 0 bridgehead atoms. The van der Waals surface area contributed by atoms with E-state index in [-0.39, 0.29) is 6.04 Å². The van der Waals surface area contributed by atoms with Gasteiger partial charge >= 0.3 is 0 Å². The number of hydrogen-bond acceptors (Lipinski definition) is 3. The van der Waals surface area contributed by atoms with E-state index in [2.05, 4.69) is 23.9 Å². The van der Waals surface area contributed by atoms with Crippen LogP contribution in [-0.4, -0.2) is 54.9 Å². The third kappa shape index (κ3) is 2.64. The second kappa shape index (κ2) is 5.28. The van der Waals surface area contributed by atoms with Gasteiger partial charge in [-0.05, 0) is 33.4 Å². The van der Waals surface area contributed by atoms with Crippen molar-refractivity contribution in [1.82, 2.24) is 9.80 Å². The number of ketones is 1. The predicted molar refractivity (Wildman–Crippen MR) is 65.5 cm³/mol. The lowest BCUT2D eigenvalue weighted by molar-refractivity contribution is -0.123. The first-order chi connectivity index (χ1) is 7.68. The summed E-state index contributed by atoms with van der Waals surface area (Å²) < 4.78 is 0. The van der Waals surface area contributed by atoms with Crippen LogP contribution in [0.5, 0.6) is 0 Å². The minimum absolute atomic E-state index is 0.243. The van der Waals surface area contributed by atoms with E-state index in [0.29, 0.717) is 11.8 Å². The quantitative estimate of drug-likeness (QED) is 0.665. The minimum Gasteiger partial charge on any atom is -0.305 e. The molecule has 2 aliphatic rings. The molecule has 0 amide bonds. The number of rotatable bonds is 2. The number of likely N-dealkylation sites (N-methyl/N-ethyl adjacent to an activating group) is 1. The molecule has 0 aromatic carbocycles. The molecule has 2 unspecified atom stereocenters. The van der Waals surface area contributed by atoms with Crippen LogP contribution in [0.15, 0.2) is 0 Å². The second-order valence-corrected chi connectivity index (χ2v) is 5.48. The first kappa shape index (κ1) is 12.1. The fourth-order valence-electron chi connectivity index (χ4n) is 3.00. The zero-order chi connectivity index (χ0) is 11.5. The van der Waals surface area contributed by atoms with Crippen LogP contribution in [0.4, 0.5) is 0 Å². The second-order valence-electron chi connectivity index (χ2n) is 5.48. The highest BCUT2D eigenvalue weighted by Gasteiger charge is 2.33. The van der Waals surface area contributed by atoms with Crippen LogP contribution in [0.3, 0.4) is 0 Å². The molecule has 0 radical (unpaired) electrons. The third-order valence-electron chi connectivity index (χ3n) is 4.14. The zero-order valence-electron chi connectivity index (χ0n) is 10.6. The Bertz CT molecular complexity index is 252. The molecule has 1 saturated carbocycles. The molecule has 16 heavy (non-hydrogen) atoms. The van der Waals surface area contributed by atoms with Gasteiger partial charge in [-0.2, -0.15) is 0 Å². The fourth-order valence-corrected chi connectivity index (χ4v) is 3.00. The fraction of sp³-hybridized carbons (Fsp3) is 0.923. The van der Waals surface area contributed by atoms with Crippen molar-refractivity contribution in [1.29, 1.82) is 0 Å². The first-order valence-electron chi connectivity index (χ1n) is 6.61. The summed E-state index contributed by atoms with van der Waals surface area (Å²) in [5.41, 5.74) is 0. The molecule has 0 N–H and O–H groups in total. The maximum Gasteiger partial charge on any atom is 0.149 e. The Balaban J connectivity index is 1.94. The number of hydrogen-bond donors (Lipinski definition) is 0. The minimum atomic E-state index is 0.243.